The van der Waals surface area contributed by atoms with E-state index in [2.05, 4.69) is 40.9 Å². The molecule has 0 unspecified atom stereocenters. The fourth-order valence-corrected chi connectivity index (χ4v) is 3.19. The van der Waals surface area contributed by atoms with Crippen molar-refractivity contribution in [3.05, 3.63) is 21.9 Å². The van der Waals surface area contributed by atoms with E-state index in [1.54, 1.807) is 11.3 Å². The zero-order valence-corrected chi connectivity index (χ0v) is 16.5. The van der Waals surface area contributed by atoms with Gasteiger partial charge in [0.15, 0.2) is 5.96 Å². The predicted octanol–water partition coefficient (Wildman–Crippen LogP) is 2.21. The Hall–Kier alpha value is -0.830. The first-order valence-corrected chi connectivity index (χ1v) is 8.36. The van der Waals surface area contributed by atoms with Crippen LogP contribution in [-0.2, 0) is 17.8 Å². The van der Waals surface area contributed by atoms with Crippen molar-refractivity contribution in [3.63, 3.8) is 0 Å². The van der Waals surface area contributed by atoms with Crippen molar-refractivity contribution in [1.82, 2.24) is 15.5 Å². The molecule has 2 heterocycles. The van der Waals surface area contributed by atoms with E-state index in [1.807, 2.05) is 11.8 Å². The smallest absolute Gasteiger partial charge is 0.244 e. The highest BCUT2D eigenvalue weighted by Gasteiger charge is 2.21. The summed E-state index contributed by atoms with van der Waals surface area (Å²) in [5.41, 5.74) is 1.29. The Morgan fingerprint density at radius 2 is 2.27 bits per heavy atom. The highest BCUT2D eigenvalue weighted by atomic mass is 127. The number of aliphatic imine (C=N–C) groups is 1. The Kier molecular flexibility index (Phi) is 8.16. The Bertz CT molecular complexity index is 515. The highest BCUT2D eigenvalue weighted by Crippen LogP contribution is 2.23. The van der Waals surface area contributed by atoms with Crippen LogP contribution in [0.2, 0.25) is 0 Å². The molecule has 2 N–H and O–H groups in total. The molecule has 1 aromatic rings. The molecule has 2 rings (SSSR count). The fourth-order valence-electron chi connectivity index (χ4n) is 2.30. The number of carbonyl (C=O) groups is 1. The summed E-state index contributed by atoms with van der Waals surface area (Å²) in [4.78, 5) is 20.0. The second-order valence-corrected chi connectivity index (χ2v) is 6.43. The number of amides is 1. The Morgan fingerprint density at radius 3 is 2.95 bits per heavy atom. The van der Waals surface area contributed by atoms with Crippen LogP contribution in [0.4, 0.5) is 0 Å². The van der Waals surface area contributed by atoms with Gasteiger partial charge in [-0.25, -0.2) is 4.99 Å². The number of hydrogen-bond acceptors (Lipinski definition) is 3. The van der Waals surface area contributed by atoms with Gasteiger partial charge in [-0.1, -0.05) is 0 Å². The molecule has 1 amide bonds. The maximum atomic E-state index is 12.3. The summed E-state index contributed by atoms with van der Waals surface area (Å²) >= 11 is 1.79. The van der Waals surface area contributed by atoms with Crippen molar-refractivity contribution in [3.8, 4) is 0 Å². The lowest BCUT2D eigenvalue weighted by atomic mass is 10.1. The van der Waals surface area contributed by atoms with Gasteiger partial charge < -0.3 is 15.5 Å². The summed E-state index contributed by atoms with van der Waals surface area (Å²) in [6.45, 7) is 8.63. The molecule has 0 bridgehead atoms. The third kappa shape index (κ3) is 5.42. The minimum absolute atomic E-state index is 0. The topological polar surface area (TPSA) is 56.7 Å². The lowest BCUT2D eigenvalue weighted by Gasteiger charge is -2.26. The van der Waals surface area contributed by atoms with Crippen molar-refractivity contribution < 1.29 is 4.79 Å². The molecule has 1 aliphatic heterocycles. The molecule has 0 spiro atoms. The molecule has 0 atom stereocenters. The van der Waals surface area contributed by atoms with E-state index in [0.717, 1.165) is 26.1 Å². The van der Waals surface area contributed by atoms with Crippen LogP contribution >= 0.6 is 35.3 Å². The van der Waals surface area contributed by atoms with E-state index in [0.29, 0.717) is 12.0 Å². The molecule has 0 radical (unpaired) electrons. The SMILES string of the molecule is CCNC(=NCC(=O)N1CCc2sccc2C1)NC(C)C.I. The molecule has 1 aromatic heterocycles. The first kappa shape index (κ1) is 19.2. The van der Waals surface area contributed by atoms with Gasteiger partial charge in [0, 0.05) is 30.6 Å². The van der Waals surface area contributed by atoms with Crippen molar-refractivity contribution in [2.45, 2.75) is 39.8 Å². The second kappa shape index (κ2) is 9.34. The molecule has 0 saturated carbocycles. The van der Waals surface area contributed by atoms with Gasteiger partial charge in [-0.2, -0.15) is 0 Å². The van der Waals surface area contributed by atoms with Gasteiger partial charge in [0.25, 0.3) is 0 Å². The predicted molar refractivity (Wildman–Crippen MR) is 103 cm³/mol. The monoisotopic (exact) mass is 436 g/mol. The molecule has 5 nitrogen and oxygen atoms in total. The van der Waals surface area contributed by atoms with Gasteiger partial charge in [0.2, 0.25) is 5.91 Å². The maximum Gasteiger partial charge on any atom is 0.244 e. The van der Waals surface area contributed by atoms with Crippen LogP contribution in [-0.4, -0.2) is 42.4 Å². The molecule has 0 saturated heterocycles. The normalized spacial score (nSPS) is 14.4. The molecular formula is C15H25IN4OS. The fraction of sp³-hybridized carbons (Fsp3) is 0.600. The number of thiophene rings is 1. The lowest BCUT2D eigenvalue weighted by molar-refractivity contribution is -0.130. The molecule has 22 heavy (non-hydrogen) atoms. The summed E-state index contributed by atoms with van der Waals surface area (Å²) < 4.78 is 0. The summed E-state index contributed by atoms with van der Waals surface area (Å²) in [6, 6.07) is 2.41. The third-order valence-electron chi connectivity index (χ3n) is 3.30. The molecule has 1 aliphatic rings. The van der Waals surface area contributed by atoms with E-state index < -0.39 is 0 Å². The number of nitrogens with zero attached hydrogens (tertiary/aromatic N) is 2. The number of carbonyl (C=O) groups excluding carboxylic acids is 1. The molecule has 124 valence electrons. The summed E-state index contributed by atoms with van der Waals surface area (Å²) in [6.07, 6.45) is 0.965. The average Bonchev–Trinajstić information content (AvgIpc) is 2.91. The zero-order chi connectivity index (χ0) is 15.2. The van der Waals surface area contributed by atoms with Crippen molar-refractivity contribution in [2.24, 2.45) is 4.99 Å². The number of fused-ring (bicyclic) bond motifs is 1. The largest absolute Gasteiger partial charge is 0.357 e. The second-order valence-electron chi connectivity index (χ2n) is 5.43. The van der Waals surface area contributed by atoms with Crippen LogP contribution in [0.3, 0.4) is 0 Å². The van der Waals surface area contributed by atoms with E-state index >= 15 is 0 Å². The standard InChI is InChI=1S/C15H24N4OS.HI/c1-4-16-15(18-11(2)3)17-9-14(20)19-7-5-13-12(10-19)6-8-21-13;/h6,8,11H,4-5,7,9-10H2,1-3H3,(H2,16,17,18);1H. The number of nitrogens with one attached hydrogen (secondary N) is 2. The summed E-state index contributed by atoms with van der Waals surface area (Å²) in [5, 5.41) is 8.48. The minimum Gasteiger partial charge on any atom is -0.357 e. The van der Waals surface area contributed by atoms with Crippen LogP contribution < -0.4 is 10.6 Å². The van der Waals surface area contributed by atoms with E-state index in [-0.39, 0.29) is 36.4 Å². The van der Waals surface area contributed by atoms with Crippen molar-refractivity contribution >= 4 is 47.2 Å². The zero-order valence-electron chi connectivity index (χ0n) is 13.4. The van der Waals surface area contributed by atoms with E-state index in [9.17, 15) is 4.79 Å². The van der Waals surface area contributed by atoms with Crippen LogP contribution in [0.25, 0.3) is 0 Å². The van der Waals surface area contributed by atoms with Gasteiger partial charge >= 0.3 is 0 Å². The molecule has 0 aromatic carbocycles. The lowest BCUT2D eigenvalue weighted by Crippen LogP contribution is -2.42. The van der Waals surface area contributed by atoms with Gasteiger partial charge in [0.1, 0.15) is 6.54 Å². The minimum atomic E-state index is 0. The van der Waals surface area contributed by atoms with Crippen molar-refractivity contribution in [2.75, 3.05) is 19.6 Å². The van der Waals surface area contributed by atoms with Crippen LogP contribution in [0, 0.1) is 0 Å². The van der Waals surface area contributed by atoms with Crippen LogP contribution in [0.1, 0.15) is 31.2 Å². The molecule has 0 aliphatic carbocycles. The van der Waals surface area contributed by atoms with E-state index in [1.165, 1.54) is 10.4 Å². The van der Waals surface area contributed by atoms with Gasteiger partial charge in [0.05, 0.1) is 0 Å². The van der Waals surface area contributed by atoms with Gasteiger partial charge in [-0.15, -0.1) is 35.3 Å². The Balaban J connectivity index is 0.00000242. The quantitative estimate of drug-likeness (QED) is 0.433. The average molecular weight is 436 g/mol. The first-order chi connectivity index (χ1) is 10.1. The molecular weight excluding hydrogens is 411 g/mol. The van der Waals surface area contributed by atoms with Gasteiger partial charge in [-0.05, 0) is 44.2 Å². The highest BCUT2D eigenvalue weighted by molar-refractivity contribution is 14.0. The van der Waals surface area contributed by atoms with E-state index in [4.69, 9.17) is 0 Å². The molecule has 0 fully saturated rings. The third-order valence-corrected chi connectivity index (χ3v) is 4.33. The number of halogens is 1. The summed E-state index contributed by atoms with van der Waals surface area (Å²) in [5.74, 6) is 0.793. The number of hydrogen-bond donors (Lipinski definition) is 2. The molecule has 7 heteroatoms. The summed E-state index contributed by atoms with van der Waals surface area (Å²) in [7, 11) is 0. The van der Waals surface area contributed by atoms with Crippen LogP contribution in [0.15, 0.2) is 16.4 Å². The van der Waals surface area contributed by atoms with Gasteiger partial charge in [-0.3, -0.25) is 4.79 Å². The number of rotatable bonds is 4. The Morgan fingerprint density at radius 1 is 1.50 bits per heavy atom. The first-order valence-electron chi connectivity index (χ1n) is 7.48. The van der Waals surface area contributed by atoms with Crippen molar-refractivity contribution in [1.29, 1.82) is 0 Å². The maximum absolute atomic E-state index is 12.3. The van der Waals surface area contributed by atoms with Crippen LogP contribution in [0.5, 0.6) is 0 Å². The Labute approximate surface area is 153 Å². The number of guanidine groups is 1.